The van der Waals surface area contributed by atoms with Gasteiger partial charge in [-0.25, -0.2) is 8.42 Å². The molecule has 2 aromatic carbocycles. The van der Waals surface area contributed by atoms with Gasteiger partial charge in [0.15, 0.2) is 0 Å². The highest BCUT2D eigenvalue weighted by molar-refractivity contribution is 7.92. The van der Waals surface area contributed by atoms with Crippen molar-refractivity contribution in [3.63, 3.8) is 0 Å². The standard InChI is InChI=1S/C15H14Cl2N2O3S/c1-10(20)18-11-3-5-12(6-4-11)19(2)23(21,22)13-7-8-14(16)15(17)9-13/h3-9H,1-2H3,(H,18,20). The molecular formula is C15H14Cl2N2O3S. The van der Waals surface area contributed by atoms with Crippen LogP contribution in [-0.2, 0) is 14.8 Å². The Morgan fingerprint density at radius 1 is 1.04 bits per heavy atom. The van der Waals surface area contributed by atoms with Crippen molar-refractivity contribution in [2.75, 3.05) is 16.7 Å². The van der Waals surface area contributed by atoms with Crippen LogP contribution in [0.3, 0.4) is 0 Å². The fraction of sp³-hybridized carbons (Fsp3) is 0.133. The SMILES string of the molecule is CC(=O)Nc1ccc(N(C)S(=O)(=O)c2ccc(Cl)c(Cl)c2)cc1. The van der Waals surface area contributed by atoms with E-state index in [0.29, 0.717) is 11.4 Å². The Labute approximate surface area is 144 Å². The van der Waals surface area contributed by atoms with Gasteiger partial charge in [-0.2, -0.15) is 0 Å². The first-order chi connectivity index (χ1) is 10.7. The van der Waals surface area contributed by atoms with Gasteiger partial charge in [-0.3, -0.25) is 9.10 Å². The Kier molecular flexibility index (Phi) is 5.19. The van der Waals surface area contributed by atoms with Crippen molar-refractivity contribution in [3.05, 3.63) is 52.5 Å². The van der Waals surface area contributed by atoms with Gasteiger partial charge in [0.1, 0.15) is 0 Å². The lowest BCUT2D eigenvalue weighted by Gasteiger charge is -2.20. The van der Waals surface area contributed by atoms with Crippen molar-refractivity contribution in [1.82, 2.24) is 0 Å². The number of rotatable bonds is 4. The molecule has 23 heavy (non-hydrogen) atoms. The van der Waals surface area contributed by atoms with Gasteiger partial charge in [-0.15, -0.1) is 0 Å². The lowest BCUT2D eigenvalue weighted by atomic mass is 10.3. The number of carbonyl (C=O) groups is 1. The van der Waals surface area contributed by atoms with Gasteiger partial charge >= 0.3 is 0 Å². The van der Waals surface area contributed by atoms with Gasteiger partial charge < -0.3 is 5.32 Å². The number of halogens is 2. The van der Waals surface area contributed by atoms with Crippen LogP contribution in [0.5, 0.6) is 0 Å². The third kappa shape index (κ3) is 3.96. The molecule has 0 aliphatic carbocycles. The second-order valence-electron chi connectivity index (χ2n) is 4.78. The minimum Gasteiger partial charge on any atom is -0.326 e. The van der Waals surface area contributed by atoms with Crippen LogP contribution in [0.25, 0.3) is 0 Å². The molecule has 0 unspecified atom stereocenters. The number of hydrogen-bond acceptors (Lipinski definition) is 3. The van der Waals surface area contributed by atoms with Crippen LogP contribution in [-0.4, -0.2) is 21.4 Å². The maximum Gasteiger partial charge on any atom is 0.264 e. The van der Waals surface area contributed by atoms with Gasteiger partial charge in [0.2, 0.25) is 5.91 Å². The average molecular weight is 373 g/mol. The van der Waals surface area contributed by atoms with Crippen molar-refractivity contribution in [3.8, 4) is 0 Å². The molecule has 0 radical (unpaired) electrons. The lowest BCUT2D eigenvalue weighted by Crippen LogP contribution is -2.26. The minimum absolute atomic E-state index is 0.0420. The summed E-state index contributed by atoms with van der Waals surface area (Å²) in [7, 11) is -2.33. The van der Waals surface area contributed by atoms with Crippen LogP contribution in [0.1, 0.15) is 6.92 Å². The van der Waals surface area contributed by atoms with Crippen LogP contribution in [0.4, 0.5) is 11.4 Å². The molecule has 2 rings (SSSR count). The summed E-state index contributed by atoms with van der Waals surface area (Å²) < 4.78 is 26.4. The third-order valence-corrected chi connectivity index (χ3v) is 5.62. The second-order valence-corrected chi connectivity index (χ2v) is 7.56. The Balaban J connectivity index is 2.32. The van der Waals surface area contributed by atoms with E-state index >= 15 is 0 Å². The Morgan fingerprint density at radius 3 is 2.17 bits per heavy atom. The van der Waals surface area contributed by atoms with Gasteiger partial charge in [0.05, 0.1) is 20.6 Å². The van der Waals surface area contributed by atoms with E-state index in [2.05, 4.69) is 5.32 Å². The number of amides is 1. The molecule has 1 N–H and O–H groups in total. The summed E-state index contributed by atoms with van der Waals surface area (Å²) in [5.74, 6) is -0.200. The van der Waals surface area contributed by atoms with Crippen LogP contribution >= 0.6 is 23.2 Å². The van der Waals surface area contributed by atoms with Crippen molar-refractivity contribution in [2.45, 2.75) is 11.8 Å². The fourth-order valence-electron chi connectivity index (χ4n) is 1.89. The van der Waals surface area contributed by atoms with E-state index in [1.54, 1.807) is 24.3 Å². The smallest absolute Gasteiger partial charge is 0.264 e. The monoisotopic (exact) mass is 372 g/mol. The van der Waals surface area contributed by atoms with Gasteiger partial charge in [-0.1, -0.05) is 23.2 Å². The minimum atomic E-state index is -3.76. The molecular weight excluding hydrogens is 359 g/mol. The summed E-state index contributed by atoms with van der Waals surface area (Å²) in [6, 6.07) is 10.6. The first kappa shape index (κ1) is 17.6. The molecule has 2 aromatic rings. The summed E-state index contributed by atoms with van der Waals surface area (Å²) in [6.45, 7) is 1.40. The maximum absolute atomic E-state index is 12.6. The number of sulfonamides is 1. The van der Waals surface area contributed by atoms with Crippen LogP contribution < -0.4 is 9.62 Å². The van der Waals surface area contributed by atoms with Gasteiger partial charge in [-0.05, 0) is 42.5 Å². The molecule has 0 atom stereocenters. The quantitative estimate of drug-likeness (QED) is 0.887. The Hall–Kier alpha value is -1.76. The zero-order chi connectivity index (χ0) is 17.2. The van der Waals surface area contributed by atoms with E-state index < -0.39 is 10.0 Å². The van der Waals surface area contributed by atoms with Crippen molar-refractivity contribution >= 4 is 50.5 Å². The topological polar surface area (TPSA) is 66.5 Å². The number of hydrogen-bond donors (Lipinski definition) is 1. The number of carbonyl (C=O) groups excluding carboxylic acids is 1. The van der Waals surface area contributed by atoms with Gasteiger partial charge in [0.25, 0.3) is 10.0 Å². The summed E-state index contributed by atoms with van der Waals surface area (Å²) in [4.78, 5) is 11.0. The molecule has 0 saturated heterocycles. The molecule has 0 heterocycles. The Bertz CT molecular complexity index is 836. The van der Waals surface area contributed by atoms with Crippen LogP contribution in [0, 0.1) is 0 Å². The van der Waals surface area contributed by atoms with E-state index in [9.17, 15) is 13.2 Å². The Morgan fingerprint density at radius 2 is 1.65 bits per heavy atom. The van der Waals surface area contributed by atoms with Crippen molar-refractivity contribution in [2.24, 2.45) is 0 Å². The van der Waals surface area contributed by atoms with E-state index in [1.165, 1.54) is 32.2 Å². The first-order valence-corrected chi connectivity index (χ1v) is 8.73. The highest BCUT2D eigenvalue weighted by atomic mass is 35.5. The molecule has 8 heteroatoms. The highest BCUT2D eigenvalue weighted by Crippen LogP contribution is 2.28. The zero-order valence-electron chi connectivity index (χ0n) is 12.4. The molecule has 122 valence electrons. The molecule has 0 bridgehead atoms. The van der Waals surface area contributed by atoms with Crippen LogP contribution in [0.2, 0.25) is 10.0 Å². The highest BCUT2D eigenvalue weighted by Gasteiger charge is 2.22. The normalized spacial score (nSPS) is 11.1. The molecule has 0 aromatic heterocycles. The summed E-state index contributed by atoms with van der Waals surface area (Å²) in [6.07, 6.45) is 0. The van der Waals surface area contributed by atoms with E-state index in [4.69, 9.17) is 23.2 Å². The predicted octanol–water partition coefficient (Wildman–Crippen LogP) is 3.78. The number of benzene rings is 2. The van der Waals surface area contributed by atoms with E-state index in [0.717, 1.165) is 4.31 Å². The van der Waals surface area contributed by atoms with E-state index in [-0.39, 0.29) is 20.8 Å². The summed E-state index contributed by atoms with van der Waals surface area (Å²) >= 11 is 11.7. The largest absolute Gasteiger partial charge is 0.326 e. The summed E-state index contributed by atoms with van der Waals surface area (Å²) in [5, 5.41) is 3.07. The number of anilines is 2. The molecule has 5 nitrogen and oxygen atoms in total. The molecule has 0 aliphatic rings. The number of nitrogens with zero attached hydrogens (tertiary/aromatic N) is 1. The molecule has 0 saturated carbocycles. The maximum atomic E-state index is 12.6. The van der Waals surface area contributed by atoms with E-state index in [1.807, 2.05) is 0 Å². The molecule has 1 amide bonds. The second kappa shape index (κ2) is 6.78. The van der Waals surface area contributed by atoms with Gasteiger partial charge in [0, 0.05) is 19.7 Å². The molecule has 0 fully saturated rings. The first-order valence-electron chi connectivity index (χ1n) is 6.53. The zero-order valence-corrected chi connectivity index (χ0v) is 14.7. The van der Waals surface area contributed by atoms with Crippen molar-refractivity contribution in [1.29, 1.82) is 0 Å². The number of nitrogens with one attached hydrogen (secondary N) is 1. The van der Waals surface area contributed by atoms with Crippen molar-refractivity contribution < 1.29 is 13.2 Å². The lowest BCUT2D eigenvalue weighted by molar-refractivity contribution is -0.114. The third-order valence-electron chi connectivity index (χ3n) is 3.10. The summed E-state index contributed by atoms with van der Waals surface area (Å²) in [5.41, 5.74) is 1.03. The molecule has 0 aliphatic heterocycles. The predicted molar refractivity (Wildman–Crippen MR) is 92.8 cm³/mol. The van der Waals surface area contributed by atoms with Crippen LogP contribution in [0.15, 0.2) is 47.4 Å². The molecule has 0 spiro atoms. The fourth-order valence-corrected chi connectivity index (χ4v) is 3.48. The average Bonchev–Trinajstić information content (AvgIpc) is 2.49.